The van der Waals surface area contributed by atoms with Gasteiger partial charge in [-0.15, -0.1) is 5.10 Å². The molecule has 20 heteroatoms. The third-order valence-corrected chi connectivity index (χ3v) is 9.01. The number of carbonyl (C=O) groups excluding carboxylic acids is 2. The fourth-order valence-electron chi connectivity index (χ4n) is 5.88. The molecule has 1 aliphatic heterocycles. The van der Waals surface area contributed by atoms with E-state index in [0.717, 1.165) is 23.0 Å². The monoisotopic (exact) mass is 823 g/mol. The van der Waals surface area contributed by atoms with Crippen molar-refractivity contribution in [2.24, 2.45) is 0 Å². The van der Waals surface area contributed by atoms with Crippen molar-refractivity contribution in [1.29, 1.82) is 0 Å². The standard InChI is InChI=1S/C33H28BrClF5N9O4/c1-2-22-26(30(52)49-32(44-31(34)45-49)48(22)15-23(50)43-21-9-8-19(14-20(21)35)33(38,39)40)46-10-12-47(13-11-46)29(51)25-27(24(28(36)37)41-17-42-25)53-16-18-6-4-3-5-7-18/h3-9,14,17,28H,2,10-13,15-16H2,1H3,(H,43,50). The number of hydrogen-bond donors (Lipinski definition) is 1. The summed E-state index contributed by atoms with van der Waals surface area (Å²) < 4.78 is 75.6. The van der Waals surface area contributed by atoms with Crippen LogP contribution in [0.25, 0.3) is 5.78 Å². The molecule has 0 atom stereocenters. The number of halogens is 7. The topological polar surface area (TPSA) is 140 Å². The van der Waals surface area contributed by atoms with Gasteiger partial charge >= 0.3 is 6.18 Å². The van der Waals surface area contributed by atoms with Crippen molar-refractivity contribution in [2.45, 2.75) is 39.1 Å². The molecule has 5 aromatic rings. The van der Waals surface area contributed by atoms with Crippen LogP contribution in [-0.2, 0) is 30.5 Å². The molecule has 0 radical (unpaired) electrons. The van der Waals surface area contributed by atoms with Gasteiger partial charge in [-0.25, -0.2) is 18.7 Å². The molecule has 1 aliphatic rings. The first kappa shape index (κ1) is 37.6. The Morgan fingerprint density at radius 3 is 2.42 bits per heavy atom. The van der Waals surface area contributed by atoms with Gasteiger partial charge in [0, 0.05) is 26.2 Å². The molecule has 1 N–H and O–H groups in total. The lowest BCUT2D eigenvalue weighted by atomic mass is 10.2. The van der Waals surface area contributed by atoms with Gasteiger partial charge in [0.2, 0.25) is 16.4 Å². The van der Waals surface area contributed by atoms with E-state index in [1.807, 2.05) is 0 Å². The number of aromatic nitrogens is 6. The van der Waals surface area contributed by atoms with Crippen molar-refractivity contribution in [1.82, 2.24) is 34.0 Å². The van der Waals surface area contributed by atoms with E-state index in [1.54, 1.807) is 42.2 Å². The van der Waals surface area contributed by atoms with Gasteiger partial charge in [0.05, 0.1) is 22.0 Å². The van der Waals surface area contributed by atoms with Crippen molar-refractivity contribution in [3.63, 3.8) is 0 Å². The van der Waals surface area contributed by atoms with Gasteiger partial charge in [-0.3, -0.25) is 14.4 Å². The number of piperazine rings is 1. The molecule has 0 aliphatic carbocycles. The van der Waals surface area contributed by atoms with Crippen LogP contribution in [-0.4, -0.2) is 72.0 Å². The molecular formula is C33H28BrClF5N9O4. The number of hydrogen-bond acceptors (Lipinski definition) is 9. The SMILES string of the molecule is CCc1c(N2CCN(C(=O)c3ncnc(C(F)F)c3OCc3ccccc3)CC2)c(=O)n2nc(Br)nc2n1CC(=O)Nc1ccc(C(F)(F)F)cc1Cl. The predicted octanol–water partition coefficient (Wildman–Crippen LogP) is 5.80. The van der Waals surface area contributed by atoms with Gasteiger partial charge in [0.1, 0.15) is 25.2 Å². The van der Waals surface area contributed by atoms with Crippen molar-refractivity contribution in [3.05, 3.63) is 103 Å². The fourth-order valence-corrected chi connectivity index (χ4v) is 6.43. The minimum atomic E-state index is -4.63. The third-order valence-electron chi connectivity index (χ3n) is 8.36. The molecule has 1 fully saturated rings. The maximum absolute atomic E-state index is 14.0. The Morgan fingerprint density at radius 2 is 1.77 bits per heavy atom. The summed E-state index contributed by atoms with van der Waals surface area (Å²) in [5, 5.41) is 6.33. The quantitative estimate of drug-likeness (QED) is 0.173. The fraction of sp³-hybridized carbons (Fsp3) is 0.303. The van der Waals surface area contributed by atoms with Gasteiger partial charge in [0.15, 0.2) is 17.1 Å². The largest absolute Gasteiger partial charge is 0.484 e. The highest BCUT2D eigenvalue weighted by molar-refractivity contribution is 9.10. The van der Waals surface area contributed by atoms with Crippen molar-refractivity contribution >= 4 is 56.5 Å². The maximum Gasteiger partial charge on any atom is 0.416 e. The van der Waals surface area contributed by atoms with E-state index in [0.29, 0.717) is 17.3 Å². The summed E-state index contributed by atoms with van der Waals surface area (Å²) in [6, 6.07) is 11.3. The number of anilines is 2. The first-order chi connectivity index (χ1) is 25.3. The maximum atomic E-state index is 14.0. The Bertz CT molecular complexity index is 2230. The molecule has 2 aromatic carbocycles. The summed E-state index contributed by atoms with van der Waals surface area (Å²) in [5.74, 6) is -1.75. The highest BCUT2D eigenvalue weighted by atomic mass is 79.9. The van der Waals surface area contributed by atoms with Crippen LogP contribution in [0.2, 0.25) is 5.02 Å². The molecule has 4 heterocycles. The molecule has 6 rings (SSSR count). The highest BCUT2D eigenvalue weighted by Gasteiger charge is 2.33. The van der Waals surface area contributed by atoms with Crippen LogP contribution in [0.15, 0.2) is 64.4 Å². The average molecular weight is 825 g/mol. The summed E-state index contributed by atoms with van der Waals surface area (Å²) in [6.07, 6.45) is -6.56. The summed E-state index contributed by atoms with van der Waals surface area (Å²) in [4.78, 5) is 55.9. The van der Waals surface area contributed by atoms with Crippen LogP contribution in [0.4, 0.5) is 33.3 Å². The lowest BCUT2D eigenvalue weighted by Crippen LogP contribution is -2.51. The van der Waals surface area contributed by atoms with Crippen LogP contribution in [0, 0.1) is 0 Å². The summed E-state index contributed by atoms with van der Waals surface area (Å²) in [7, 11) is 0. The van der Waals surface area contributed by atoms with E-state index >= 15 is 0 Å². The minimum absolute atomic E-state index is 0.0200. The Labute approximate surface area is 310 Å². The van der Waals surface area contributed by atoms with E-state index < -0.39 is 53.5 Å². The van der Waals surface area contributed by atoms with Gasteiger partial charge < -0.3 is 24.4 Å². The number of alkyl halides is 5. The Kier molecular flexibility index (Phi) is 10.9. The van der Waals surface area contributed by atoms with Crippen molar-refractivity contribution in [2.75, 3.05) is 36.4 Å². The Balaban J connectivity index is 1.25. The smallest absolute Gasteiger partial charge is 0.416 e. The number of nitrogens with one attached hydrogen (secondary N) is 1. The third kappa shape index (κ3) is 7.95. The van der Waals surface area contributed by atoms with Crippen LogP contribution >= 0.6 is 27.5 Å². The molecule has 0 saturated carbocycles. The summed E-state index contributed by atoms with van der Waals surface area (Å²) in [6.45, 7) is 1.58. The predicted molar refractivity (Wildman–Crippen MR) is 185 cm³/mol. The van der Waals surface area contributed by atoms with Crippen molar-refractivity contribution in [3.8, 4) is 5.75 Å². The molecule has 0 bridgehead atoms. The zero-order valence-corrected chi connectivity index (χ0v) is 29.9. The lowest BCUT2D eigenvalue weighted by molar-refractivity contribution is -0.137. The second-order valence-corrected chi connectivity index (χ2v) is 12.8. The Hall–Kier alpha value is -5.17. The zero-order chi connectivity index (χ0) is 38.0. The molecule has 3 aromatic heterocycles. The zero-order valence-electron chi connectivity index (χ0n) is 27.6. The molecule has 0 spiro atoms. The second kappa shape index (κ2) is 15.4. The molecule has 2 amide bonds. The summed E-state index contributed by atoms with van der Waals surface area (Å²) >= 11 is 9.23. The number of carbonyl (C=O) groups is 2. The minimum Gasteiger partial charge on any atom is -0.484 e. The van der Waals surface area contributed by atoms with E-state index in [-0.39, 0.29) is 71.8 Å². The van der Waals surface area contributed by atoms with Gasteiger partial charge in [-0.1, -0.05) is 48.9 Å². The molecule has 0 unspecified atom stereocenters. The summed E-state index contributed by atoms with van der Waals surface area (Å²) in [5.41, 5.74) is -1.39. The van der Waals surface area contributed by atoms with E-state index in [2.05, 4.69) is 41.3 Å². The van der Waals surface area contributed by atoms with Crippen LogP contribution in [0.3, 0.4) is 0 Å². The number of fused-ring (bicyclic) bond motifs is 1. The molecule has 53 heavy (non-hydrogen) atoms. The van der Waals surface area contributed by atoms with E-state index in [9.17, 15) is 36.3 Å². The second-order valence-electron chi connectivity index (χ2n) is 11.7. The normalized spacial score (nSPS) is 13.5. The van der Waals surface area contributed by atoms with Crippen LogP contribution in [0.1, 0.15) is 46.4 Å². The number of nitrogens with zero attached hydrogens (tertiary/aromatic N) is 8. The molecular weight excluding hydrogens is 797 g/mol. The Morgan fingerprint density at radius 1 is 1.06 bits per heavy atom. The van der Waals surface area contributed by atoms with Crippen LogP contribution < -0.4 is 20.5 Å². The van der Waals surface area contributed by atoms with Gasteiger partial charge in [-0.2, -0.15) is 22.7 Å². The highest BCUT2D eigenvalue weighted by Crippen LogP contribution is 2.34. The number of rotatable bonds is 10. The molecule has 13 nitrogen and oxygen atoms in total. The van der Waals surface area contributed by atoms with Crippen molar-refractivity contribution < 1.29 is 36.3 Å². The first-order valence-electron chi connectivity index (χ1n) is 15.9. The van der Waals surface area contributed by atoms with Gasteiger partial charge in [-0.05, 0) is 46.1 Å². The van der Waals surface area contributed by atoms with E-state index in [4.69, 9.17) is 16.3 Å². The lowest BCUT2D eigenvalue weighted by Gasteiger charge is -2.36. The molecule has 278 valence electrons. The van der Waals surface area contributed by atoms with E-state index in [1.165, 1.54) is 9.47 Å². The average Bonchev–Trinajstić information content (AvgIpc) is 3.54. The number of benzene rings is 2. The number of amides is 2. The number of ether oxygens (including phenoxy) is 1. The van der Waals surface area contributed by atoms with Gasteiger partial charge in [0.25, 0.3) is 17.9 Å². The molecule has 1 saturated heterocycles. The van der Waals surface area contributed by atoms with Crippen LogP contribution in [0.5, 0.6) is 5.75 Å². The first-order valence-corrected chi connectivity index (χ1v) is 17.1.